The molecule has 0 aliphatic carbocycles. The third kappa shape index (κ3) is 2.87. The van der Waals surface area contributed by atoms with Crippen LogP contribution in [0.15, 0.2) is 49.9 Å². The van der Waals surface area contributed by atoms with Crippen molar-refractivity contribution in [3.63, 3.8) is 0 Å². The molecule has 0 spiro atoms. The minimum absolute atomic E-state index is 0.403. The second-order valence-electron chi connectivity index (χ2n) is 4.62. The minimum atomic E-state index is 0.403. The van der Waals surface area contributed by atoms with Crippen molar-refractivity contribution in [2.45, 2.75) is 6.92 Å². The molecule has 3 rings (SSSR count). The van der Waals surface area contributed by atoms with Gasteiger partial charge in [-0.2, -0.15) is 4.98 Å². The summed E-state index contributed by atoms with van der Waals surface area (Å²) in [5.41, 5.74) is 9.31. The molecule has 0 saturated heterocycles. The molecule has 0 bridgehead atoms. The topological polar surface area (TPSA) is 64.9 Å². The lowest BCUT2D eigenvalue weighted by Gasteiger charge is -2.01. The summed E-state index contributed by atoms with van der Waals surface area (Å²) in [5.74, 6) is 0.936. The van der Waals surface area contributed by atoms with Crippen LogP contribution in [0.5, 0.6) is 0 Å². The highest BCUT2D eigenvalue weighted by Crippen LogP contribution is 2.30. The normalized spacial score (nSPS) is 10.8. The number of aryl methyl sites for hydroxylation is 1. The number of anilines is 1. The van der Waals surface area contributed by atoms with E-state index in [9.17, 15) is 0 Å². The van der Waals surface area contributed by atoms with E-state index in [2.05, 4.69) is 42.0 Å². The second kappa shape index (κ2) is 5.61. The van der Waals surface area contributed by atoms with Gasteiger partial charge in [0.15, 0.2) is 0 Å². The fourth-order valence-corrected chi connectivity index (χ4v) is 2.64. The highest BCUT2D eigenvalue weighted by Gasteiger charge is 2.14. The molecule has 0 radical (unpaired) electrons. The summed E-state index contributed by atoms with van der Waals surface area (Å²) < 4.78 is 7.25. The smallest absolute Gasteiger partial charge is 0.260 e. The van der Waals surface area contributed by atoms with E-state index in [4.69, 9.17) is 10.3 Å². The van der Waals surface area contributed by atoms with E-state index in [0.29, 0.717) is 23.0 Å². The first kappa shape index (κ1) is 14.3. The molecule has 0 unspecified atom stereocenters. The summed E-state index contributed by atoms with van der Waals surface area (Å²) in [6.45, 7) is 2.03. The van der Waals surface area contributed by atoms with Crippen molar-refractivity contribution in [3.8, 4) is 22.8 Å². The Kier molecular flexibility index (Phi) is 3.82. The Hall–Kier alpha value is -1.66. The lowest BCUT2D eigenvalue weighted by Crippen LogP contribution is -1.90. The van der Waals surface area contributed by atoms with E-state index in [0.717, 1.165) is 20.1 Å². The van der Waals surface area contributed by atoms with E-state index < -0.39 is 0 Å². The van der Waals surface area contributed by atoms with E-state index in [1.807, 2.05) is 37.3 Å². The molecule has 21 heavy (non-hydrogen) atoms. The summed E-state index contributed by atoms with van der Waals surface area (Å²) in [6, 6.07) is 11.5. The fourth-order valence-electron chi connectivity index (χ4n) is 1.90. The first-order valence-corrected chi connectivity index (χ1v) is 7.79. The number of nitrogens with zero attached hydrogens (tertiary/aromatic N) is 2. The third-order valence-corrected chi connectivity index (χ3v) is 4.45. The summed E-state index contributed by atoms with van der Waals surface area (Å²) >= 11 is 6.92. The van der Waals surface area contributed by atoms with Gasteiger partial charge in [0.25, 0.3) is 5.89 Å². The van der Waals surface area contributed by atoms with Crippen molar-refractivity contribution in [2.24, 2.45) is 0 Å². The number of nitrogens with two attached hydrogens (primary N) is 1. The molecular weight excluding hydrogens is 398 g/mol. The van der Waals surface area contributed by atoms with Gasteiger partial charge >= 0.3 is 0 Å². The van der Waals surface area contributed by atoms with Crippen LogP contribution in [0.3, 0.4) is 0 Å². The number of halogens is 2. The molecule has 0 amide bonds. The Morgan fingerprint density at radius 2 is 1.90 bits per heavy atom. The van der Waals surface area contributed by atoms with Crippen molar-refractivity contribution < 1.29 is 4.52 Å². The van der Waals surface area contributed by atoms with Gasteiger partial charge in [0.05, 0.1) is 5.56 Å². The molecular formula is C15H11Br2N3O. The van der Waals surface area contributed by atoms with Gasteiger partial charge in [0.1, 0.15) is 0 Å². The standard InChI is InChI=1S/C15H11Br2N3O/c1-8-2-3-9(6-12(8)17)14-19-15(21-20-14)11-7-10(16)4-5-13(11)18/h2-7H,18H2,1H3. The summed E-state index contributed by atoms with van der Waals surface area (Å²) in [6.07, 6.45) is 0. The maximum Gasteiger partial charge on any atom is 0.260 e. The molecule has 0 aliphatic heterocycles. The molecule has 2 N–H and O–H groups in total. The van der Waals surface area contributed by atoms with Crippen LogP contribution in [-0.4, -0.2) is 10.1 Å². The van der Waals surface area contributed by atoms with Gasteiger partial charge in [-0.1, -0.05) is 49.1 Å². The zero-order valence-electron chi connectivity index (χ0n) is 11.1. The molecule has 1 aromatic heterocycles. The maximum atomic E-state index is 5.96. The number of hydrogen-bond donors (Lipinski definition) is 1. The van der Waals surface area contributed by atoms with Crippen LogP contribution in [0.4, 0.5) is 5.69 Å². The quantitative estimate of drug-likeness (QED) is 0.617. The molecule has 4 nitrogen and oxygen atoms in total. The van der Waals surface area contributed by atoms with Crippen LogP contribution in [0.25, 0.3) is 22.8 Å². The fraction of sp³-hybridized carbons (Fsp3) is 0.0667. The lowest BCUT2D eigenvalue weighted by atomic mass is 10.1. The Labute approximate surface area is 138 Å². The Morgan fingerprint density at radius 3 is 2.67 bits per heavy atom. The Bertz CT molecular complexity index is 814. The maximum absolute atomic E-state index is 5.96. The largest absolute Gasteiger partial charge is 0.398 e. The zero-order valence-corrected chi connectivity index (χ0v) is 14.3. The molecule has 0 aliphatic rings. The van der Waals surface area contributed by atoms with Crippen LogP contribution in [0.2, 0.25) is 0 Å². The number of benzene rings is 2. The van der Waals surface area contributed by atoms with Crippen molar-refractivity contribution in [1.29, 1.82) is 0 Å². The second-order valence-corrected chi connectivity index (χ2v) is 6.39. The predicted molar refractivity (Wildman–Crippen MR) is 89.7 cm³/mol. The molecule has 3 aromatic rings. The van der Waals surface area contributed by atoms with Crippen LogP contribution >= 0.6 is 31.9 Å². The zero-order chi connectivity index (χ0) is 15.0. The van der Waals surface area contributed by atoms with Gasteiger partial charge in [-0.25, -0.2) is 0 Å². The van der Waals surface area contributed by atoms with Crippen molar-refractivity contribution in [2.75, 3.05) is 5.73 Å². The average molecular weight is 409 g/mol. The van der Waals surface area contributed by atoms with Gasteiger partial charge in [-0.05, 0) is 36.8 Å². The summed E-state index contributed by atoms with van der Waals surface area (Å²) in [4.78, 5) is 4.42. The minimum Gasteiger partial charge on any atom is -0.398 e. The van der Waals surface area contributed by atoms with Crippen LogP contribution < -0.4 is 5.73 Å². The molecule has 6 heteroatoms. The van der Waals surface area contributed by atoms with Crippen LogP contribution in [0, 0.1) is 6.92 Å². The average Bonchev–Trinajstić information content (AvgIpc) is 2.94. The highest BCUT2D eigenvalue weighted by atomic mass is 79.9. The van der Waals surface area contributed by atoms with Gasteiger partial charge in [-0.3, -0.25) is 0 Å². The lowest BCUT2D eigenvalue weighted by molar-refractivity contribution is 0.432. The monoisotopic (exact) mass is 407 g/mol. The molecule has 0 fully saturated rings. The van der Waals surface area contributed by atoms with Gasteiger partial charge in [-0.15, -0.1) is 0 Å². The molecule has 1 heterocycles. The van der Waals surface area contributed by atoms with Crippen LogP contribution in [-0.2, 0) is 0 Å². The molecule has 106 valence electrons. The number of aromatic nitrogens is 2. The van der Waals surface area contributed by atoms with Crippen molar-refractivity contribution in [3.05, 3.63) is 50.9 Å². The van der Waals surface area contributed by atoms with E-state index in [1.54, 1.807) is 6.07 Å². The Balaban J connectivity index is 2.03. The van der Waals surface area contributed by atoms with E-state index >= 15 is 0 Å². The van der Waals surface area contributed by atoms with E-state index in [-0.39, 0.29) is 0 Å². The summed E-state index contributed by atoms with van der Waals surface area (Å²) in [5, 5.41) is 4.03. The van der Waals surface area contributed by atoms with Crippen LogP contribution in [0.1, 0.15) is 5.56 Å². The third-order valence-electron chi connectivity index (χ3n) is 3.10. The van der Waals surface area contributed by atoms with Gasteiger partial charge in [0.2, 0.25) is 5.82 Å². The highest BCUT2D eigenvalue weighted by molar-refractivity contribution is 9.10. The number of nitrogen functional groups attached to an aromatic ring is 1. The predicted octanol–water partition coefficient (Wildman–Crippen LogP) is 4.82. The molecule has 0 atom stereocenters. The molecule has 0 saturated carbocycles. The molecule has 2 aromatic carbocycles. The summed E-state index contributed by atoms with van der Waals surface area (Å²) in [7, 11) is 0. The van der Waals surface area contributed by atoms with Crippen molar-refractivity contribution >= 4 is 37.5 Å². The van der Waals surface area contributed by atoms with Crippen molar-refractivity contribution in [1.82, 2.24) is 10.1 Å². The number of hydrogen-bond acceptors (Lipinski definition) is 4. The van der Waals surface area contributed by atoms with Gasteiger partial charge in [0, 0.05) is 20.2 Å². The SMILES string of the molecule is Cc1ccc(-c2noc(-c3cc(Br)ccc3N)n2)cc1Br. The first-order valence-electron chi connectivity index (χ1n) is 6.20. The number of rotatable bonds is 2. The first-order chi connectivity index (χ1) is 10.0. The Morgan fingerprint density at radius 1 is 1.10 bits per heavy atom. The van der Waals surface area contributed by atoms with Gasteiger partial charge < -0.3 is 10.3 Å². The van der Waals surface area contributed by atoms with E-state index in [1.165, 1.54) is 0 Å².